The average Bonchev–Trinajstić information content (AvgIpc) is 2.85. The first-order valence-electron chi connectivity index (χ1n) is 11.0. The van der Waals surface area contributed by atoms with Crippen LogP contribution in [0.5, 0.6) is 0 Å². The Labute approximate surface area is 217 Å². The molecule has 0 aliphatic carbocycles. The zero-order chi connectivity index (χ0) is 26.8. The molecule has 37 heavy (non-hydrogen) atoms. The van der Waals surface area contributed by atoms with Gasteiger partial charge in [0.05, 0.1) is 19.6 Å². The Balaban J connectivity index is 1.49. The number of hydrogen-bond donors (Lipinski definition) is 2. The Morgan fingerprint density at radius 2 is 0.676 bits per heavy atom. The molecule has 0 unspecified atom stereocenters. The van der Waals surface area contributed by atoms with Crippen LogP contribution in [0.4, 0.5) is 11.4 Å². The summed E-state index contributed by atoms with van der Waals surface area (Å²) >= 11 is 0. The third-order valence-corrected chi connectivity index (χ3v) is 10.1. The number of anilines is 2. The third kappa shape index (κ3) is 6.01. The van der Waals surface area contributed by atoms with E-state index in [1.807, 2.05) is 13.8 Å². The summed E-state index contributed by atoms with van der Waals surface area (Å²) in [5, 5.41) is 0. The number of benzene rings is 4. The smallest absolute Gasteiger partial charge is 0.261 e. The molecule has 0 spiro atoms. The van der Waals surface area contributed by atoms with Crippen molar-refractivity contribution in [1.29, 1.82) is 0 Å². The van der Waals surface area contributed by atoms with Gasteiger partial charge in [0.25, 0.3) is 20.0 Å². The SMILES string of the molecule is Cc1ccc(S(=O)(=O)Nc2ccc(S(=O)(=O)c3ccc(NS(=O)(=O)c4ccc(C)cc4)cc3)cc2)cc1. The second kappa shape index (κ2) is 10.0. The lowest BCUT2D eigenvalue weighted by Gasteiger charge is -2.11. The van der Waals surface area contributed by atoms with Crippen LogP contribution in [0, 0.1) is 13.8 Å². The molecule has 0 atom stereocenters. The summed E-state index contributed by atoms with van der Waals surface area (Å²) in [7, 11) is -11.6. The van der Waals surface area contributed by atoms with Gasteiger partial charge in [-0.1, -0.05) is 35.4 Å². The summed E-state index contributed by atoms with van der Waals surface area (Å²) in [6.07, 6.45) is 0. The molecule has 0 aliphatic rings. The minimum Gasteiger partial charge on any atom is -0.280 e. The van der Waals surface area contributed by atoms with Gasteiger partial charge in [-0.2, -0.15) is 0 Å². The van der Waals surface area contributed by atoms with Gasteiger partial charge in [-0.25, -0.2) is 25.3 Å². The Hall–Kier alpha value is -3.67. The molecule has 2 N–H and O–H groups in total. The van der Waals surface area contributed by atoms with Gasteiger partial charge in [0.1, 0.15) is 0 Å². The summed E-state index contributed by atoms with van der Waals surface area (Å²) in [6.45, 7) is 3.70. The summed E-state index contributed by atoms with van der Waals surface area (Å²) < 4.78 is 81.3. The molecule has 0 amide bonds. The Morgan fingerprint density at radius 1 is 0.405 bits per heavy atom. The number of hydrogen-bond acceptors (Lipinski definition) is 6. The molecule has 8 nitrogen and oxygen atoms in total. The average molecular weight is 557 g/mol. The largest absolute Gasteiger partial charge is 0.280 e. The van der Waals surface area contributed by atoms with Gasteiger partial charge in [0, 0.05) is 11.4 Å². The van der Waals surface area contributed by atoms with E-state index in [-0.39, 0.29) is 31.0 Å². The third-order valence-electron chi connectivity index (χ3n) is 5.50. The lowest BCUT2D eigenvalue weighted by Crippen LogP contribution is -2.13. The van der Waals surface area contributed by atoms with Gasteiger partial charge >= 0.3 is 0 Å². The maximum Gasteiger partial charge on any atom is 0.261 e. The molecule has 11 heteroatoms. The molecule has 0 radical (unpaired) electrons. The quantitative estimate of drug-likeness (QED) is 0.323. The molecular weight excluding hydrogens is 532 g/mol. The van der Waals surface area contributed by atoms with Crippen LogP contribution in [0.1, 0.15) is 11.1 Å². The lowest BCUT2D eigenvalue weighted by molar-refractivity contribution is 0.595. The Bertz CT molecular complexity index is 1600. The molecule has 0 aromatic heterocycles. The van der Waals surface area contributed by atoms with E-state index in [1.54, 1.807) is 24.3 Å². The minimum absolute atomic E-state index is 0.0428. The van der Waals surface area contributed by atoms with E-state index in [9.17, 15) is 25.3 Å². The normalized spacial score (nSPS) is 12.2. The lowest BCUT2D eigenvalue weighted by atomic mass is 10.2. The molecule has 0 saturated carbocycles. The number of nitrogens with one attached hydrogen (secondary N) is 2. The molecule has 0 saturated heterocycles. The van der Waals surface area contributed by atoms with Crippen LogP contribution in [-0.4, -0.2) is 25.3 Å². The van der Waals surface area contributed by atoms with E-state index in [1.165, 1.54) is 72.8 Å². The number of rotatable bonds is 8. The topological polar surface area (TPSA) is 126 Å². The first-order chi connectivity index (χ1) is 17.4. The van der Waals surface area contributed by atoms with E-state index in [4.69, 9.17) is 0 Å². The highest BCUT2D eigenvalue weighted by Gasteiger charge is 2.20. The minimum atomic E-state index is -3.93. The fraction of sp³-hybridized carbons (Fsp3) is 0.0769. The van der Waals surface area contributed by atoms with Gasteiger partial charge in [-0.05, 0) is 86.6 Å². The first-order valence-corrected chi connectivity index (χ1v) is 15.5. The molecule has 192 valence electrons. The number of aryl methyl sites for hydroxylation is 2. The van der Waals surface area contributed by atoms with Crippen LogP contribution < -0.4 is 9.44 Å². The molecule has 4 aromatic carbocycles. The fourth-order valence-electron chi connectivity index (χ4n) is 3.40. The fourth-order valence-corrected chi connectivity index (χ4v) is 6.78. The molecular formula is C26H24N2O6S3. The van der Waals surface area contributed by atoms with E-state index in [0.717, 1.165) is 11.1 Å². The monoisotopic (exact) mass is 556 g/mol. The van der Waals surface area contributed by atoms with E-state index < -0.39 is 29.9 Å². The Kier molecular flexibility index (Phi) is 7.13. The summed E-state index contributed by atoms with van der Waals surface area (Å²) in [6, 6.07) is 23.3. The predicted molar refractivity (Wildman–Crippen MR) is 142 cm³/mol. The molecule has 0 fully saturated rings. The van der Waals surface area contributed by atoms with Crippen molar-refractivity contribution in [2.24, 2.45) is 0 Å². The van der Waals surface area contributed by atoms with Crippen molar-refractivity contribution in [3.8, 4) is 0 Å². The van der Waals surface area contributed by atoms with Crippen LogP contribution in [0.2, 0.25) is 0 Å². The van der Waals surface area contributed by atoms with Crippen molar-refractivity contribution in [2.75, 3.05) is 9.44 Å². The van der Waals surface area contributed by atoms with Crippen molar-refractivity contribution in [3.05, 3.63) is 108 Å². The van der Waals surface area contributed by atoms with Crippen molar-refractivity contribution in [3.63, 3.8) is 0 Å². The predicted octanol–water partition coefficient (Wildman–Crippen LogP) is 4.74. The highest BCUT2D eigenvalue weighted by atomic mass is 32.2. The van der Waals surface area contributed by atoms with E-state index in [0.29, 0.717) is 0 Å². The van der Waals surface area contributed by atoms with Gasteiger partial charge in [-0.15, -0.1) is 0 Å². The van der Waals surface area contributed by atoms with Crippen molar-refractivity contribution in [2.45, 2.75) is 33.4 Å². The zero-order valence-corrected chi connectivity index (χ0v) is 22.4. The molecule has 0 bridgehead atoms. The van der Waals surface area contributed by atoms with Crippen LogP contribution in [-0.2, 0) is 29.9 Å². The highest BCUT2D eigenvalue weighted by Crippen LogP contribution is 2.26. The van der Waals surface area contributed by atoms with Gasteiger partial charge in [0.2, 0.25) is 9.84 Å². The van der Waals surface area contributed by atoms with Crippen molar-refractivity contribution < 1.29 is 25.3 Å². The molecule has 4 rings (SSSR count). The van der Waals surface area contributed by atoms with Crippen molar-refractivity contribution >= 4 is 41.3 Å². The molecule has 4 aromatic rings. The second-order valence-corrected chi connectivity index (χ2v) is 13.7. The number of sulfone groups is 1. The number of sulfonamides is 2. The molecule has 0 aliphatic heterocycles. The zero-order valence-electron chi connectivity index (χ0n) is 19.9. The summed E-state index contributed by atoms with van der Waals surface area (Å²) in [5.74, 6) is 0. The Morgan fingerprint density at radius 3 is 0.973 bits per heavy atom. The van der Waals surface area contributed by atoms with Crippen LogP contribution >= 0.6 is 0 Å². The summed E-state index contributed by atoms with van der Waals surface area (Å²) in [4.78, 5) is 0.0957. The standard InChI is InChI=1S/C26H24N2O6S3/c1-19-3-11-25(12-4-19)36(31,32)27-21-7-15-23(16-8-21)35(29,30)24-17-9-22(10-18-24)28-37(33,34)26-13-5-20(2)6-14-26/h3-18,27-28H,1-2H3. The van der Waals surface area contributed by atoms with Gasteiger partial charge in [0.15, 0.2) is 0 Å². The van der Waals surface area contributed by atoms with Crippen molar-refractivity contribution in [1.82, 2.24) is 0 Å². The highest BCUT2D eigenvalue weighted by molar-refractivity contribution is 7.93. The van der Waals surface area contributed by atoms with E-state index in [2.05, 4.69) is 9.44 Å². The van der Waals surface area contributed by atoms with E-state index >= 15 is 0 Å². The van der Waals surface area contributed by atoms with Gasteiger partial charge < -0.3 is 0 Å². The van der Waals surface area contributed by atoms with Gasteiger partial charge in [-0.3, -0.25) is 9.44 Å². The molecule has 0 heterocycles. The first kappa shape index (κ1) is 26.4. The van der Waals surface area contributed by atoms with Crippen LogP contribution in [0.3, 0.4) is 0 Å². The second-order valence-electron chi connectivity index (χ2n) is 8.39. The van der Waals surface area contributed by atoms with Crippen LogP contribution in [0.25, 0.3) is 0 Å². The maximum absolute atomic E-state index is 13.1. The summed E-state index contributed by atoms with van der Waals surface area (Å²) in [5.41, 5.74) is 2.26. The van der Waals surface area contributed by atoms with Crippen LogP contribution in [0.15, 0.2) is 117 Å². The maximum atomic E-state index is 13.1.